The van der Waals surface area contributed by atoms with Crippen molar-refractivity contribution in [3.05, 3.63) is 36.9 Å². The molecule has 0 fully saturated rings. The average Bonchev–Trinajstić information content (AvgIpc) is 2.13. The first-order valence-corrected chi connectivity index (χ1v) is 4.47. The van der Waals surface area contributed by atoms with Crippen LogP contribution in [0.3, 0.4) is 0 Å². The minimum atomic E-state index is -0.690. The third-order valence-electron chi connectivity index (χ3n) is 2.71. The van der Waals surface area contributed by atoms with Crippen LogP contribution >= 0.6 is 0 Å². The molecule has 0 unspecified atom stereocenters. The van der Waals surface area contributed by atoms with Crippen molar-refractivity contribution in [3.8, 4) is 0 Å². The summed E-state index contributed by atoms with van der Waals surface area (Å²) < 4.78 is 0. The summed E-state index contributed by atoms with van der Waals surface area (Å²) in [6.45, 7) is 4.66. The molecule has 86 valence electrons. The van der Waals surface area contributed by atoms with Crippen molar-refractivity contribution in [3.63, 3.8) is 0 Å². The lowest BCUT2D eigenvalue weighted by Gasteiger charge is -2.09. The van der Waals surface area contributed by atoms with Gasteiger partial charge < -0.3 is 5.73 Å². The molecule has 2 N–H and O–H groups in total. The number of hydrogen-bond donors (Lipinski definition) is 1. The number of nitrogen functional groups attached to an aromatic ring is 1. The van der Waals surface area contributed by atoms with Gasteiger partial charge in [0.1, 0.15) is 0 Å². The highest BCUT2D eigenvalue weighted by Gasteiger charge is 2.30. The quantitative estimate of drug-likeness (QED) is 0.470. The number of rotatable bonds is 2. The van der Waals surface area contributed by atoms with Crippen molar-refractivity contribution >= 4 is 17.1 Å². The number of anilines is 1. The molecule has 0 aliphatic rings. The van der Waals surface area contributed by atoms with Gasteiger partial charge in [-0.05, 0) is 26.3 Å². The van der Waals surface area contributed by atoms with Crippen LogP contribution in [0, 0.1) is 41.0 Å². The van der Waals surface area contributed by atoms with Gasteiger partial charge in [-0.1, -0.05) is 0 Å². The second-order valence-electron chi connectivity index (χ2n) is 3.50. The standard InChI is InChI=1S/C9H11N3O4/c1-4-5(2)8(11(13)14)7(10)9(6(4)3)12(15)16/h10H2,1-3H3. The van der Waals surface area contributed by atoms with E-state index in [-0.39, 0.29) is 17.1 Å². The molecule has 0 bridgehead atoms. The van der Waals surface area contributed by atoms with Gasteiger partial charge >= 0.3 is 11.4 Å². The number of nitro groups is 2. The molecule has 0 saturated carbocycles. The van der Waals surface area contributed by atoms with Gasteiger partial charge in [-0.3, -0.25) is 20.2 Å². The summed E-state index contributed by atoms with van der Waals surface area (Å²) in [6, 6.07) is 0. The van der Waals surface area contributed by atoms with Crippen molar-refractivity contribution in [1.29, 1.82) is 0 Å². The van der Waals surface area contributed by atoms with E-state index < -0.39 is 9.85 Å². The molecule has 0 spiro atoms. The van der Waals surface area contributed by atoms with Gasteiger partial charge in [0.15, 0.2) is 5.69 Å². The maximum Gasteiger partial charge on any atom is 0.302 e. The molecule has 1 rings (SSSR count). The van der Waals surface area contributed by atoms with Gasteiger partial charge in [-0.2, -0.15) is 0 Å². The highest BCUT2D eigenvalue weighted by molar-refractivity contribution is 5.78. The highest BCUT2D eigenvalue weighted by Crippen LogP contribution is 2.39. The Kier molecular flexibility index (Phi) is 2.80. The molecule has 0 radical (unpaired) electrons. The summed E-state index contributed by atoms with van der Waals surface area (Å²) in [5.74, 6) is 0. The first-order valence-electron chi connectivity index (χ1n) is 4.47. The molecule has 1 aromatic carbocycles. The predicted molar refractivity (Wildman–Crippen MR) is 58.4 cm³/mol. The van der Waals surface area contributed by atoms with Crippen molar-refractivity contribution in [2.75, 3.05) is 5.73 Å². The van der Waals surface area contributed by atoms with E-state index in [0.717, 1.165) is 0 Å². The van der Waals surface area contributed by atoms with Gasteiger partial charge in [0.25, 0.3) is 0 Å². The number of nitrogens with two attached hydrogens (primary N) is 1. The normalized spacial score (nSPS) is 10.2. The van der Waals surface area contributed by atoms with E-state index >= 15 is 0 Å². The Labute approximate surface area is 91.2 Å². The fourth-order valence-electron chi connectivity index (χ4n) is 1.62. The Balaban J connectivity index is 3.80. The Morgan fingerprint density at radius 3 is 1.44 bits per heavy atom. The smallest absolute Gasteiger partial charge is 0.302 e. The minimum Gasteiger partial charge on any atom is -0.387 e. The lowest BCUT2D eigenvalue weighted by atomic mass is 9.99. The van der Waals surface area contributed by atoms with E-state index in [2.05, 4.69) is 0 Å². The minimum absolute atomic E-state index is 0.366. The summed E-state index contributed by atoms with van der Waals surface area (Å²) in [7, 11) is 0. The number of nitrogens with zero attached hydrogens (tertiary/aromatic N) is 2. The lowest BCUT2D eigenvalue weighted by molar-refractivity contribution is -0.393. The zero-order valence-electron chi connectivity index (χ0n) is 9.10. The first kappa shape index (κ1) is 11.9. The largest absolute Gasteiger partial charge is 0.387 e. The van der Waals surface area contributed by atoms with Gasteiger partial charge in [0.2, 0.25) is 0 Å². The second-order valence-corrected chi connectivity index (χ2v) is 3.50. The van der Waals surface area contributed by atoms with Gasteiger partial charge in [-0.25, -0.2) is 0 Å². The van der Waals surface area contributed by atoms with Crippen LogP contribution in [0.15, 0.2) is 0 Å². The third kappa shape index (κ3) is 1.56. The van der Waals surface area contributed by atoms with Crippen LogP contribution in [0.25, 0.3) is 0 Å². The fourth-order valence-corrected chi connectivity index (χ4v) is 1.62. The Hall–Kier alpha value is -2.18. The van der Waals surface area contributed by atoms with Gasteiger partial charge in [0, 0.05) is 11.1 Å². The van der Waals surface area contributed by atoms with Crippen LogP contribution in [0.5, 0.6) is 0 Å². The molecule has 0 aromatic heterocycles. The van der Waals surface area contributed by atoms with Crippen LogP contribution in [-0.2, 0) is 0 Å². The van der Waals surface area contributed by atoms with Crippen molar-refractivity contribution in [2.24, 2.45) is 0 Å². The Morgan fingerprint density at radius 2 is 1.19 bits per heavy atom. The molecule has 0 heterocycles. The molecule has 0 amide bonds. The van der Waals surface area contributed by atoms with Crippen molar-refractivity contribution < 1.29 is 9.85 Å². The highest BCUT2D eigenvalue weighted by atomic mass is 16.6. The maximum absolute atomic E-state index is 10.8. The molecule has 0 saturated heterocycles. The van der Waals surface area contributed by atoms with Crippen LogP contribution < -0.4 is 5.73 Å². The zero-order chi connectivity index (χ0) is 12.6. The van der Waals surface area contributed by atoms with Crippen LogP contribution in [0.4, 0.5) is 17.1 Å². The molecule has 0 atom stereocenters. The average molecular weight is 225 g/mol. The summed E-state index contributed by atoms with van der Waals surface area (Å²) >= 11 is 0. The van der Waals surface area contributed by atoms with Crippen LogP contribution in [0.2, 0.25) is 0 Å². The summed E-state index contributed by atoms with van der Waals surface area (Å²) in [5.41, 5.74) is 5.59. The molecular formula is C9H11N3O4. The topological polar surface area (TPSA) is 112 Å². The summed E-state index contributed by atoms with van der Waals surface area (Å²) in [4.78, 5) is 20.2. The molecule has 0 aliphatic carbocycles. The molecule has 16 heavy (non-hydrogen) atoms. The predicted octanol–water partition coefficient (Wildman–Crippen LogP) is 2.01. The molecule has 7 nitrogen and oxygen atoms in total. The summed E-state index contributed by atoms with van der Waals surface area (Å²) in [6.07, 6.45) is 0. The van der Waals surface area contributed by atoms with Crippen molar-refractivity contribution in [1.82, 2.24) is 0 Å². The maximum atomic E-state index is 10.8. The number of hydrogen-bond acceptors (Lipinski definition) is 5. The first-order chi connectivity index (χ1) is 7.29. The van der Waals surface area contributed by atoms with Crippen LogP contribution in [0.1, 0.15) is 16.7 Å². The molecule has 7 heteroatoms. The van der Waals surface area contributed by atoms with E-state index in [1.807, 2.05) is 0 Å². The van der Waals surface area contributed by atoms with Crippen LogP contribution in [-0.4, -0.2) is 9.85 Å². The van der Waals surface area contributed by atoms with E-state index in [4.69, 9.17) is 5.73 Å². The van der Waals surface area contributed by atoms with E-state index in [0.29, 0.717) is 16.7 Å². The molecular weight excluding hydrogens is 214 g/mol. The fraction of sp³-hybridized carbons (Fsp3) is 0.333. The van der Waals surface area contributed by atoms with Gasteiger partial charge in [-0.15, -0.1) is 0 Å². The second kappa shape index (κ2) is 3.76. The SMILES string of the molecule is Cc1c(C)c([N+](=O)[O-])c(N)c([N+](=O)[O-])c1C. The van der Waals surface area contributed by atoms with E-state index in [1.165, 1.54) is 13.8 Å². The monoisotopic (exact) mass is 225 g/mol. The van der Waals surface area contributed by atoms with E-state index in [9.17, 15) is 20.2 Å². The molecule has 0 aliphatic heterocycles. The Morgan fingerprint density at radius 1 is 0.875 bits per heavy atom. The zero-order valence-corrected chi connectivity index (χ0v) is 9.10. The molecule has 1 aromatic rings. The third-order valence-corrected chi connectivity index (χ3v) is 2.71. The summed E-state index contributed by atoms with van der Waals surface area (Å²) in [5, 5.41) is 21.6. The number of benzene rings is 1. The number of nitro benzene ring substituents is 2. The van der Waals surface area contributed by atoms with E-state index in [1.54, 1.807) is 6.92 Å². The lowest BCUT2D eigenvalue weighted by Crippen LogP contribution is -2.06. The van der Waals surface area contributed by atoms with Crippen molar-refractivity contribution in [2.45, 2.75) is 20.8 Å². The van der Waals surface area contributed by atoms with Gasteiger partial charge in [0.05, 0.1) is 9.85 Å². The Bertz CT molecular complexity index is 455.